The third kappa shape index (κ3) is 2.67. The van der Waals surface area contributed by atoms with Crippen LogP contribution in [0.1, 0.15) is 55.1 Å². The molecule has 1 aliphatic rings. The molecule has 0 aliphatic carbocycles. The minimum atomic E-state index is -0.223. The average molecular weight is 311 g/mol. The van der Waals surface area contributed by atoms with Crippen molar-refractivity contribution in [2.75, 3.05) is 4.90 Å². The number of para-hydroxylation sites is 1. The van der Waals surface area contributed by atoms with E-state index in [-0.39, 0.29) is 17.9 Å². The van der Waals surface area contributed by atoms with Gasteiger partial charge in [-0.15, -0.1) is 0 Å². The fourth-order valence-electron chi connectivity index (χ4n) is 3.29. The van der Waals surface area contributed by atoms with E-state index < -0.39 is 0 Å². The second-order valence-electron chi connectivity index (χ2n) is 5.97. The number of benzene rings is 1. The van der Waals surface area contributed by atoms with Crippen LogP contribution in [-0.2, 0) is 17.6 Å². The van der Waals surface area contributed by atoms with Crippen LogP contribution in [0, 0.1) is 0 Å². The summed E-state index contributed by atoms with van der Waals surface area (Å²) in [6.45, 7) is 5.17. The molecular weight excluding hydrogens is 290 g/mol. The maximum atomic E-state index is 12.2. The number of imidazole rings is 1. The first-order valence-electron chi connectivity index (χ1n) is 7.99. The molecule has 2 heterocycles. The lowest BCUT2D eigenvalue weighted by molar-refractivity contribution is -0.117. The number of carbonyl (C=O) groups excluding carboxylic acids is 2. The highest BCUT2D eigenvalue weighted by atomic mass is 16.2. The maximum Gasteiger partial charge on any atom is 0.228 e. The summed E-state index contributed by atoms with van der Waals surface area (Å²) in [6.07, 6.45) is 4.29. The van der Waals surface area contributed by atoms with E-state index in [2.05, 4.69) is 11.9 Å². The Morgan fingerprint density at radius 2 is 1.96 bits per heavy atom. The Bertz CT molecular complexity index is 763. The molecular formula is C18H21N3O2. The topological polar surface area (TPSA) is 55.2 Å². The van der Waals surface area contributed by atoms with Crippen molar-refractivity contribution in [3.05, 3.63) is 47.5 Å². The fourth-order valence-corrected chi connectivity index (χ4v) is 3.29. The second kappa shape index (κ2) is 5.99. The lowest BCUT2D eigenvalue weighted by Crippen LogP contribution is -2.32. The van der Waals surface area contributed by atoms with Crippen molar-refractivity contribution in [2.45, 2.75) is 46.1 Å². The molecule has 0 saturated heterocycles. The van der Waals surface area contributed by atoms with Crippen molar-refractivity contribution in [3.8, 4) is 0 Å². The molecule has 1 aromatic heterocycles. The normalized spacial score (nSPS) is 16.5. The highest BCUT2D eigenvalue weighted by Gasteiger charge is 2.36. The zero-order valence-electron chi connectivity index (χ0n) is 13.7. The van der Waals surface area contributed by atoms with Gasteiger partial charge in [0.2, 0.25) is 11.8 Å². The second-order valence-corrected chi connectivity index (χ2v) is 5.97. The first kappa shape index (κ1) is 15.5. The number of carbonyl (C=O) groups is 2. The molecule has 23 heavy (non-hydrogen) atoms. The van der Waals surface area contributed by atoms with E-state index in [1.165, 1.54) is 6.92 Å². The third-order valence-corrected chi connectivity index (χ3v) is 4.24. The zero-order chi connectivity index (χ0) is 16.6. The first-order valence-corrected chi connectivity index (χ1v) is 7.99. The van der Waals surface area contributed by atoms with Gasteiger partial charge in [-0.25, -0.2) is 4.98 Å². The van der Waals surface area contributed by atoms with Crippen LogP contribution in [0.25, 0.3) is 0 Å². The van der Waals surface area contributed by atoms with Crippen LogP contribution in [0.2, 0.25) is 0 Å². The van der Waals surface area contributed by atoms with Gasteiger partial charge in [0.25, 0.3) is 0 Å². The number of anilines is 1. The molecule has 1 aromatic carbocycles. The smallest absolute Gasteiger partial charge is 0.228 e. The van der Waals surface area contributed by atoms with Gasteiger partial charge in [-0.2, -0.15) is 0 Å². The highest BCUT2D eigenvalue weighted by Crippen LogP contribution is 2.40. The lowest BCUT2D eigenvalue weighted by Gasteiger charge is -2.24. The van der Waals surface area contributed by atoms with E-state index in [1.807, 2.05) is 30.5 Å². The van der Waals surface area contributed by atoms with Crippen molar-refractivity contribution < 1.29 is 9.59 Å². The molecule has 0 spiro atoms. The van der Waals surface area contributed by atoms with Gasteiger partial charge >= 0.3 is 0 Å². The predicted octanol–water partition coefficient (Wildman–Crippen LogP) is 3.15. The highest BCUT2D eigenvalue weighted by molar-refractivity contribution is 5.95. The lowest BCUT2D eigenvalue weighted by atomic mass is 10.1. The van der Waals surface area contributed by atoms with Crippen LogP contribution in [-0.4, -0.2) is 21.4 Å². The molecule has 0 fully saturated rings. The summed E-state index contributed by atoms with van der Waals surface area (Å²) in [6, 6.07) is 7.65. The molecule has 0 saturated carbocycles. The number of nitrogens with zero attached hydrogens (tertiary/aromatic N) is 3. The Morgan fingerprint density at radius 3 is 2.61 bits per heavy atom. The summed E-state index contributed by atoms with van der Waals surface area (Å²) >= 11 is 0. The fraction of sp³-hybridized carbons (Fsp3) is 0.389. The number of hydrogen-bond donors (Lipinski definition) is 0. The molecule has 1 aliphatic heterocycles. The largest absolute Gasteiger partial charge is 0.301 e. The van der Waals surface area contributed by atoms with Crippen molar-refractivity contribution in [3.63, 3.8) is 0 Å². The minimum Gasteiger partial charge on any atom is -0.301 e. The number of hydrogen-bond acceptors (Lipinski definition) is 3. The van der Waals surface area contributed by atoms with E-state index in [0.29, 0.717) is 12.2 Å². The van der Waals surface area contributed by atoms with E-state index in [9.17, 15) is 9.59 Å². The number of aromatic nitrogens is 2. The number of aryl methyl sites for hydroxylation is 1. The summed E-state index contributed by atoms with van der Waals surface area (Å²) in [4.78, 5) is 30.6. The number of fused-ring (bicyclic) bond motifs is 1. The van der Waals surface area contributed by atoms with Gasteiger partial charge in [-0.3, -0.25) is 14.2 Å². The summed E-state index contributed by atoms with van der Waals surface area (Å²) < 4.78 is 1.59. The zero-order valence-corrected chi connectivity index (χ0v) is 13.7. The van der Waals surface area contributed by atoms with Crippen LogP contribution in [0.5, 0.6) is 0 Å². The van der Waals surface area contributed by atoms with E-state index in [1.54, 1.807) is 16.4 Å². The monoisotopic (exact) mass is 311 g/mol. The van der Waals surface area contributed by atoms with Crippen molar-refractivity contribution in [1.29, 1.82) is 0 Å². The Kier molecular flexibility index (Phi) is 4.03. The molecule has 0 N–H and O–H groups in total. The Labute approximate surface area is 135 Å². The van der Waals surface area contributed by atoms with Gasteiger partial charge in [0.1, 0.15) is 5.82 Å². The molecule has 0 bridgehead atoms. The molecule has 5 nitrogen and oxygen atoms in total. The third-order valence-electron chi connectivity index (χ3n) is 4.24. The van der Waals surface area contributed by atoms with Crippen molar-refractivity contribution >= 4 is 17.5 Å². The Balaban J connectivity index is 2.08. The summed E-state index contributed by atoms with van der Waals surface area (Å²) in [5.74, 6) is 0.553. The van der Waals surface area contributed by atoms with Gasteiger partial charge in [-0.05, 0) is 18.1 Å². The maximum absolute atomic E-state index is 12.2. The van der Waals surface area contributed by atoms with Crippen LogP contribution >= 0.6 is 0 Å². The molecule has 120 valence electrons. The Morgan fingerprint density at radius 1 is 1.22 bits per heavy atom. The molecule has 3 rings (SSSR count). The quantitative estimate of drug-likeness (QED) is 0.875. The van der Waals surface area contributed by atoms with Gasteiger partial charge in [0.15, 0.2) is 0 Å². The Hall–Kier alpha value is -2.43. The molecule has 1 unspecified atom stereocenters. The predicted molar refractivity (Wildman–Crippen MR) is 88.6 cm³/mol. The number of rotatable bonds is 3. The van der Waals surface area contributed by atoms with E-state index in [4.69, 9.17) is 0 Å². The molecule has 1 amide bonds. The van der Waals surface area contributed by atoms with Gasteiger partial charge in [0.05, 0.1) is 11.7 Å². The standard InChI is InChI=1S/C18H21N3O2/c1-4-7-15-11-20(12(2)22)18(19-15)17-10-14-8-5-6-9-16(14)21(17)13(3)23/h5-6,8-9,11,17H,4,7,10H2,1-3H3. The minimum absolute atomic E-state index is 0.0323. The SMILES string of the molecule is CCCc1cn(C(C)=O)c(C2Cc3ccccc3N2C(C)=O)n1. The summed E-state index contributed by atoms with van der Waals surface area (Å²) in [5, 5.41) is 0. The summed E-state index contributed by atoms with van der Waals surface area (Å²) in [5.41, 5.74) is 2.93. The van der Waals surface area contributed by atoms with Crippen molar-refractivity contribution in [2.24, 2.45) is 0 Å². The molecule has 1 atom stereocenters. The van der Waals surface area contributed by atoms with Crippen LogP contribution in [0.3, 0.4) is 0 Å². The first-order chi connectivity index (χ1) is 11.0. The molecule has 0 radical (unpaired) electrons. The van der Waals surface area contributed by atoms with Gasteiger partial charge < -0.3 is 4.90 Å². The van der Waals surface area contributed by atoms with Crippen LogP contribution < -0.4 is 4.90 Å². The summed E-state index contributed by atoms with van der Waals surface area (Å²) in [7, 11) is 0. The van der Waals surface area contributed by atoms with E-state index in [0.717, 1.165) is 29.8 Å². The van der Waals surface area contributed by atoms with Gasteiger partial charge in [-0.1, -0.05) is 31.5 Å². The van der Waals surface area contributed by atoms with Crippen LogP contribution in [0.15, 0.2) is 30.5 Å². The van der Waals surface area contributed by atoms with Crippen molar-refractivity contribution in [1.82, 2.24) is 9.55 Å². The van der Waals surface area contributed by atoms with E-state index >= 15 is 0 Å². The molecule has 5 heteroatoms. The molecule has 2 aromatic rings. The average Bonchev–Trinajstić information content (AvgIpc) is 3.08. The van der Waals surface area contributed by atoms with Crippen LogP contribution in [0.4, 0.5) is 5.69 Å². The van der Waals surface area contributed by atoms with Gasteiger partial charge in [0, 0.05) is 32.2 Å². The number of amides is 1.